The molecule has 9 heteroatoms. The van der Waals surface area contributed by atoms with Crippen molar-refractivity contribution in [3.05, 3.63) is 59.0 Å². The second-order valence-electron chi connectivity index (χ2n) is 11.0. The van der Waals surface area contributed by atoms with E-state index in [1.807, 2.05) is 44.0 Å². The molecule has 0 radical (unpaired) electrons. The molecule has 0 aromatic carbocycles. The zero-order valence-corrected chi connectivity index (χ0v) is 22.8. The molecule has 0 bridgehead atoms. The normalized spacial score (nSPS) is 16.1. The van der Waals surface area contributed by atoms with Gasteiger partial charge in [-0.15, -0.1) is 0 Å². The minimum atomic E-state index is -1.16. The minimum Gasteiger partial charge on any atom is -0.384 e. The highest BCUT2D eigenvalue weighted by atomic mass is 16.5. The van der Waals surface area contributed by atoms with E-state index in [0.29, 0.717) is 18.9 Å². The molecule has 1 saturated heterocycles. The number of pyridine rings is 2. The Morgan fingerprint density at radius 1 is 1.08 bits per heavy atom. The van der Waals surface area contributed by atoms with E-state index in [2.05, 4.69) is 28.8 Å². The number of hydrogen-bond donors (Lipinski definition) is 1. The first-order valence-corrected chi connectivity index (χ1v) is 13.2. The number of aryl methyl sites for hydroxylation is 4. The van der Waals surface area contributed by atoms with E-state index in [4.69, 9.17) is 24.3 Å². The molecule has 1 unspecified atom stereocenters. The van der Waals surface area contributed by atoms with E-state index in [9.17, 15) is 5.11 Å². The topological polar surface area (TPSA) is 104 Å². The van der Waals surface area contributed by atoms with Crippen LogP contribution in [-0.2, 0) is 17.4 Å². The van der Waals surface area contributed by atoms with Gasteiger partial charge >= 0.3 is 0 Å². The van der Waals surface area contributed by atoms with Gasteiger partial charge in [-0.1, -0.05) is 5.16 Å². The molecule has 1 atom stereocenters. The van der Waals surface area contributed by atoms with E-state index in [1.54, 1.807) is 13.8 Å². The third-order valence-corrected chi connectivity index (χ3v) is 7.75. The Hall–Kier alpha value is -3.56. The standard InChI is InChI=1S/C29H34N6O3/c1-16-7-10-30-21(13-16)25(19-8-11-37-12-9-19)35-22-14-20(23-17(2)33-38-18(23)3)15-31-24(22)26-27(35)28(29(4,5)36)32-34(26)6/h7,10,13-15,19,25,36H,8-9,11-12H2,1-6H3. The molecule has 0 amide bonds. The van der Waals surface area contributed by atoms with Crippen LogP contribution in [0.1, 0.15) is 61.1 Å². The Bertz CT molecular complexity index is 1630. The Morgan fingerprint density at radius 3 is 2.50 bits per heavy atom. The summed E-state index contributed by atoms with van der Waals surface area (Å²) in [6.07, 6.45) is 5.59. The second kappa shape index (κ2) is 9.03. The summed E-state index contributed by atoms with van der Waals surface area (Å²) in [4.78, 5) is 9.87. The largest absolute Gasteiger partial charge is 0.384 e. The molecule has 1 N–H and O–H groups in total. The number of aliphatic hydroxyl groups is 1. The SMILES string of the molecule is Cc1ccnc(C(C2CCOCC2)n2c3cc(-c4c(C)noc4C)cnc3c3c2c(C(C)(C)O)nn3C)c1. The van der Waals surface area contributed by atoms with E-state index < -0.39 is 5.60 Å². The van der Waals surface area contributed by atoms with E-state index in [-0.39, 0.29) is 12.0 Å². The van der Waals surface area contributed by atoms with Gasteiger partial charge in [0, 0.05) is 43.8 Å². The van der Waals surface area contributed by atoms with Gasteiger partial charge in [-0.25, -0.2) is 0 Å². The molecule has 5 aromatic rings. The summed E-state index contributed by atoms with van der Waals surface area (Å²) >= 11 is 0. The number of ether oxygens (including phenoxy) is 1. The monoisotopic (exact) mass is 514 g/mol. The summed E-state index contributed by atoms with van der Waals surface area (Å²) in [6, 6.07) is 6.28. The number of nitrogens with zero attached hydrogens (tertiary/aromatic N) is 6. The van der Waals surface area contributed by atoms with Crippen molar-refractivity contribution in [3.63, 3.8) is 0 Å². The lowest BCUT2D eigenvalue weighted by Gasteiger charge is -2.32. The summed E-state index contributed by atoms with van der Waals surface area (Å²) in [5, 5.41) is 20.2. The third kappa shape index (κ3) is 3.92. The lowest BCUT2D eigenvalue weighted by Crippen LogP contribution is -2.28. The fourth-order valence-corrected chi connectivity index (χ4v) is 6.02. The highest BCUT2D eigenvalue weighted by Gasteiger charge is 2.36. The zero-order valence-electron chi connectivity index (χ0n) is 22.8. The first-order valence-electron chi connectivity index (χ1n) is 13.2. The predicted octanol–water partition coefficient (Wildman–Crippen LogP) is 5.14. The molecule has 198 valence electrons. The summed E-state index contributed by atoms with van der Waals surface area (Å²) in [5.41, 5.74) is 7.92. The molecule has 5 aromatic heterocycles. The number of hydrogen-bond acceptors (Lipinski definition) is 7. The van der Waals surface area contributed by atoms with Crippen LogP contribution in [0, 0.1) is 26.7 Å². The van der Waals surface area contributed by atoms with Crippen molar-refractivity contribution in [3.8, 4) is 11.1 Å². The maximum absolute atomic E-state index is 11.3. The number of aromatic nitrogens is 6. The van der Waals surface area contributed by atoms with Crippen LogP contribution in [0.2, 0.25) is 0 Å². The van der Waals surface area contributed by atoms with Gasteiger partial charge in [0.2, 0.25) is 0 Å². The molecule has 1 aliphatic heterocycles. The molecule has 1 fully saturated rings. The van der Waals surface area contributed by atoms with Gasteiger partial charge in [0.15, 0.2) is 0 Å². The summed E-state index contributed by atoms with van der Waals surface area (Å²) in [6.45, 7) is 11.0. The fraction of sp³-hybridized carbons (Fsp3) is 0.448. The van der Waals surface area contributed by atoms with Gasteiger partial charge in [0.05, 0.1) is 28.5 Å². The quantitative estimate of drug-likeness (QED) is 0.346. The van der Waals surface area contributed by atoms with Gasteiger partial charge in [-0.2, -0.15) is 5.10 Å². The van der Waals surface area contributed by atoms with Crippen LogP contribution in [0.15, 0.2) is 35.1 Å². The van der Waals surface area contributed by atoms with Crippen molar-refractivity contribution >= 4 is 22.1 Å². The van der Waals surface area contributed by atoms with Crippen molar-refractivity contribution in [1.82, 2.24) is 29.5 Å². The Kier molecular flexibility index (Phi) is 5.88. The van der Waals surface area contributed by atoms with Crippen LogP contribution >= 0.6 is 0 Å². The predicted molar refractivity (Wildman–Crippen MR) is 145 cm³/mol. The van der Waals surface area contributed by atoms with Crippen LogP contribution < -0.4 is 0 Å². The summed E-state index contributed by atoms with van der Waals surface area (Å²) < 4.78 is 15.4. The maximum Gasteiger partial charge on any atom is 0.141 e. The molecule has 9 nitrogen and oxygen atoms in total. The van der Waals surface area contributed by atoms with E-state index in [0.717, 1.165) is 68.7 Å². The highest BCUT2D eigenvalue weighted by molar-refractivity contribution is 6.06. The molecule has 6 rings (SSSR count). The van der Waals surface area contributed by atoms with Crippen molar-refractivity contribution in [2.45, 2.75) is 59.1 Å². The van der Waals surface area contributed by atoms with E-state index >= 15 is 0 Å². The van der Waals surface area contributed by atoms with Gasteiger partial charge in [-0.05, 0) is 77.1 Å². The molecule has 0 aliphatic carbocycles. The lowest BCUT2D eigenvalue weighted by atomic mass is 9.88. The summed E-state index contributed by atoms with van der Waals surface area (Å²) in [7, 11) is 1.92. The second-order valence-corrected chi connectivity index (χ2v) is 11.0. The number of fused-ring (bicyclic) bond motifs is 3. The highest BCUT2D eigenvalue weighted by Crippen LogP contribution is 2.43. The average Bonchev–Trinajstić information content (AvgIpc) is 3.51. The van der Waals surface area contributed by atoms with Crippen molar-refractivity contribution in [2.24, 2.45) is 13.0 Å². The van der Waals surface area contributed by atoms with Crippen molar-refractivity contribution in [1.29, 1.82) is 0 Å². The Morgan fingerprint density at radius 2 is 1.84 bits per heavy atom. The Labute approximate surface area is 221 Å². The minimum absolute atomic E-state index is 0.0918. The molecule has 38 heavy (non-hydrogen) atoms. The van der Waals surface area contributed by atoms with Crippen LogP contribution in [0.25, 0.3) is 33.2 Å². The average molecular weight is 515 g/mol. The Balaban J connectivity index is 1.74. The third-order valence-electron chi connectivity index (χ3n) is 7.75. The molecule has 0 spiro atoms. The van der Waals surface area contributed by atoms with E-state index in [1.165, 1.54) is 0 Å². The van der Waals surface area contributed by atoms with Gasteiger partial charge in [0.1, 0.15) is 28.1 Å². The van der Waals surface area contributed by atoms with Crippen LogP contribution in [-0.4, -0.2) is 47.8 Å². The van der Waals surface area contributed by atoms with Gasteiger partial charge in [-0.3, -0.25) is 14.6 Å². The molecule has 1 aliphatic rings. The first kappa shape index (κ1) is 24.8. The molecule has 0 saturated carbocycles. The molecular formula is C29H34N6O3. The van der Waals surface area contributed by atoms with Crippen LogP contribution in [0.4, 0.5) is 0 Å². The van der Waals surface area contributed by atoms with Gasteiger partial charge < -0.3 is 18.9 Å². The number of rotatable bonds is 5. The zero-order chi connectivity index (χ0) is 26.8. The fourth-order valence-electron chi connectivity index (χ4n) is 6.02. The molecular weight excluding hydrogens is 480 g/mol. The summed E-state index contributed by atoms with van der Waals surface area (Å²) in [5.74, 6) is 1.04. The van der Waals surface area contributed by atoms with Gasteiger partial charge in [0.25, 0.3) is 0 Å². The smallest absolute Gasteiger partial charge is 0.141 e. The first-order chi connectivity index (χ1) is 18.1. The van der Waals surface area contributed by atoms with Crippen molar-refractivity contribution < 1.29 is 14.4 Å². The maximum atomic E-state index is 11.3. The van der Waals surface area contributed by atoms with Crippen LogP contribution in [0.5, 0.6) is 0 Å². The lowest BCUT2D eigenvalue weighted by molar-refractivity contribution is 0.0542. The van der Waals surface area contributed by atoms with Crippen molar-refractivity contribution in [2.75, 3.05) is 13.2 Å². The molecule has 6 heterocycles. The van der Waals surface area contributed by atoms with Crippen LogP contribution in [0.3, 0.4) is 0 Å².